The molecule has 3 rings (SSSR count). The summed E-state index contributed by atoms with van der Waals surface area (Å²) in [5.41, 5.74) is 7.35. The summed E-state index contributed by atoms with van der Waals surface area (Å²) in [6.07, 6.45) is 1.09. The van der Waals surface area contributed by atoms with Crippen LogP contribution in [0.2, 0.25) is 0 Å². The van der Waals surface area contributed by atoms with Gasteiger partial charge in [-0.25, -0.2) is 0 Å². The molecular weight excluding hydrogens is 302 g/mol. The van der Waals surface area contributed by atoms with E-state index < -0.39 is 0 Å². The smallest absolute Gasteiger partial charge is 0.227 e. The number of carbonyl (C=O) groups is 1. The van der Waals surface area contributed by atoms with Crippen LogP contribution in [0.1, 0.15) is 24.9 Å². The number of carbonyl (C=O) groups excluding carboxylic acids is 1. The van der Waals surface area contributed by atoms with Crippen LogP contribution in [0.15, 0.2) is 30.3 Å². The molecule has 1 aromatic rings. The minimum absolute atomic E-state index is 0.186. The van der Waals surface area contributed by atoms with E-state index in [9.17, 15) is 4.79 Å². The third-order valence-corrected chi connectivity index (χ3v) is 5.33. The Kier molecular flexibility index (Phi) is 5.87. The zero-order valence-corrected chi connectivity index (χ0v) is 14.6. The number of likely N-dealkylation sites (tertiary alicyclic amines) is 1. The number of morpholine rings is 1. The van der Waals surface area contributed by atoms with Crippen molar-refractivity contribution in [2.45, 2.75) is 19.4 Å². The lowest BCUT2D eigenvalue weighted by Crippen LogP contribution is -2.41. The first kappa shape index (κ1) is 17.4. The fourth-order valence-corrected chi connectivity index (χ4v) is 3.74. The predicted octanol–water partition coefficient (Wildman–Crippen LogP) is 1.50. The molecule has 5 nitrogen and oxygen atoms in total. The van der Waals surface area contributed by atoms with Crippen LogP contribution in [0.4, 0.5) is 0 Å². The molecule has 3 atom stereocenters. The Hall–Kier alpha value is -1.43. The average Bonchev–Trinajstić information content (AvgIpc) is 3.10. The fourth-order valence-electron chi connectivity index (χ4n) is 3.74. The monoisotopic (exact) mass is 331 g/mol. The molecule has 2 fully saturated rings. The van der Waals surface area contributed by atoms with Gasteiger partial charge in [-0.2, -0.15) is 0 Å². The summed E-state index contributed by atoms with van der Waals surface area (Å²) in [6.45, 7) is 8.44. The van der Waals surface area contributed by atoms with Crippen LogP contribution in [0, 0.1) is 11.8 Å². The summed E-state index contributed by atoms with van der Waals surface area (Å²) in [7, 11) is 0. The van der Waals surface area contributed by atoms with E-state index in [2.05, 4.69) is 4.90 Å². The van der Waals surface area contributed by atoms with Gasteiger partial charge in [-0.3, -0.25) is 9.69 Å². The molecule has 24 heavy (non-hydrogen) atoms. The predicted molar refractivity (Wildman–Crippen MR) is 94.5 cm³/mol. The van der Waals surface area contributed by atoms with Gasteiger partial charge in [0.1, 0.15) is 0 Å². The minimum atomic E-state index is -0.239. The highest BCUT2D eigenvalue weighted by Crippen LogP contribution is 2.25. The van der Waals surface area contributed by atoms with Crippen molar-refractivity contribution in [1.82, 2.24) is 9.80 Å². The van der Waals surface area contributed by atoms with Crippen molar-refractivity contribution in [3.63, 3.8) is 0 Å². The average molecular weight is 331 g/mol. The molecule has 3 unspecified atom stereocenters. The van der Waals surface area contributed by atoms with Crippen LogP contribution in [-0.4, -0.2) is 61.6 Å². The van der Waals surface area contributed by atoms with Crippen molar-refractivity contribution in [2.24, 2.45) is 17.6 Å². The van der Waals surface area contributed by atoms with Gasteiger partial charge in [-0.05, 0) is 17.9 Å². The van der Waals surface area contributed by atoms with E-state index in [0.717, 1.165) is 57.9 Å². The van der Waals surface area contributed by atoms with E-state index in [-0.39, 0.29) is 17.9 Å². The molecule has 0 spiro atoms. The first-order valence-corrected chi connectivity index (χ1v) is 9.04. The molecule has 2 N–H and O–H groups in total. The topological polar surface area (TPSA) is 58.8 Å². The second kappa shape index (κ2) is 8.10. The van der Waals surface area contributed by atoms with Gasteiger partial charge in [0.25, 0.3) is 0 Å². The second-order valence-corrected chi connectivity index (χ2v) is 7.08. The van der Waals surface area contributed by atoms with Gasteiger partial charge < -0.3 is 15.4 Å². The zero-order chi connectivity index (χ0) is 16.9. The zero-order valence-electron chi connectivity index (χ0n) is 14.6. The first-order chi connectivity index (χ1) is 11.6. The quantitative estimate of drug-likeness (QED) is 0.888. The van der Waals surface area contributed by atoms with Gasteiger partial charge in [-0.1, -0.05) is 37.3 Å². The normalized spacial score (nSPS) is 24.8. The highest BCUT2D eigenvalue weighted by atomic mass is 16.5. The van der Waals surface area contributed by atoms with Gasteiger partial charge >= 0.3 is 0 Å². The molecule has 2 heterocycles. The maximum Gasteiger partial charge on any atom is 0.227 e. The Balaban J connectivity index is 1.52. The highest BCUT2D eigenvalue weighted by molar-refractivity contribution is 5.79. The number of nitrogens with two attached hydrogens (primary N) is 1. The van der Waals surface area contributed by atoms with E-state index in [0.29, 0.717) is 5.92 Å². The maximum atomic E-state index is 12.8. The van der Waals surface area contributed by atoms with E-state index in [4.69, 9.17) is 10.5 Å². The molecule has 0 aromatic heterocycles. The van der Waals surface area contributed by atoms with Gasteiger partial charge in [0.15, 0.2) is 0 Å². The number of nitrogens with zero attached hydrogens (tertiary/aromatic N) is 2. The number of ether oxygens (including phenoxy) is 1. The molecule has 0 bridgehead atoms. The van der Waals surface area contributed by atoms with Crippen molar-refractivity contribution in [3.8, 4) is 0 Å². The molecule has 2 aliphatic rings. The van der Waals surface area contributed by atoms with Crippen LogP contribution >= 0.6 is 0 Å². The number of hydrogen-bond donors (Lipinski definition) is 1. The van der Waals surface area contributed by atoms with Crippen LogP contribution in [0.25, 0.3) is 0 Å². The van der Waals surface area contributed by atoms with Crippen molar-refractivity contribution < 1.29 is 9.53 Å². The molecule has 5 heteroatoms. The van der Waals surface area contributed by atoms with E-state index in [1.807, 2.05) is 42.2 Å². The molecule has 132 valence electrons. The molecule has 2 saturated heterocycles. The van der Waals surface area contributed by atoms with Gasteiger partial charge in [0.05, 0.1) is 19.1 Å². The Morgan fingerprint density at radius 2 is 1.96 bits per heavy atom. The van der Waals surface area contributed by atoms with Crippen LogP contribution in [0.5, 0.6) is 0 Å². The summed E-state index contributed by atoms with van der Waals surface area (Å²) in [6, 6.07) is 9.68. The van der Waals surface area contributed by atoms with Gasteiger partial charge in [0.2, 0.25) is 5.91 Å². The minimum Gasteiger partial charge on any atom is -0.379 e. The molecule has 2 aliphatic heterocycles. The number of amides is 1. The lowest BCUT2D eigenvalue weighted by Gasteiger charge is -2.29. The van der Waals surface area contributed by atoms with Gasteiger partial charge in [-0.15, -0.1) is 0 Å². The molecule has 0 saturated carbocycles. The summed E-state index contributed by atoms with van der Waals surface area (Å²) >= 11 is 0. The fraction of sp³-hybridized carbons (Fsp3) is 0.632. The van der Waals surface area contributed by atoms with E-state index >= 15 is 0 Å². The first-order valence-electron chi connectivity index (χ1n) is 9.04. The lowest BCUT2D eigenvalue weighted by atomic mass is 9.94. The number of hydrogen-bond acceptors (Lipinski definition) is 4. The number of benzene rings is 1. The molecule has 1 aromatic carbocycles. The van der Waals surface area contributed by atoms with Crippen LogP contribution < -0.4 is 5.73 Å². The van der Waals surface area contributed by atoms with Crippen molar-refractivity contribution in [3.05, 3.63) is 35.9 Å². The molecule has 1 amide bonds. The van der Waals surface area contributed by atoms with Crippen molar-refractivity contribution in [2.75, 3.05) is 45.9 Å². The maximum absolute atomic E-state index is 12.8. The summed E-state index contributed by atoms with van der Waals surface area (Å²) in [4.78, 5) is 17.3. The Labute approximate surface area is 144 Å². The SMILES string of the molecule is CC(C(=O)N1CCC(CN2CCOCC2)C1)C(N)c1ccccc1. The Morgan fingerprint density at radius 3 is 2.67 bits per heavy atom. The molecule has 0 aliphatic carbocycles. The lowest BCUT2D eigenvalue weighted by molar-refractivity contribution is -0.134. The van der Waals surface area contributed by atoms with Gasteiger partial charge in [0, 0.05) is 38.8 Å². The summed E-state index contributed by atoms with van der Waals surface area (Å²) in [5.74, 6) is 0.581. The third kappa shape index (κ3) is 4.15. The summed E-state index contributed by atoms with van der Waals surface area (Å²) in [5, 5.41) is 0. The van der Waals surface area contributed by atoms with E-state index in [1.165, 1.54) is 0 Å². The second-order valence-electron chi connectivity index (χ2n) is 7.08. The van der Waals surface area contributed by atoms with Crippen LogP contribution in [0.3, 0.4) is 0 Å². The number of rotatable bonds is 5. The summed E-state index contributed by atoms with van der Waals surface area (Å²) < 4.78 is 5.40. The van der Waals surface area contributed by atoms with Crippen molar-refractivity contribution >= 4 is 5.91 Å². The largest absolute Gasteiger partial charge is 0.379 e. The van der Waals surface area contributed by atoms with Crippen LogP contribution in [-0.2, 0) is 9.53 Å². The van der Waals surface area contributed by atoms with Crippen molar-refractivity contribution in [1.29, 1.82) is 0 Å². The third-order valence-electron chi connectivity index (χ3n) is 5.33. The molecule has 0 radical (unpaired) electrons. The van der Waals surface area contributed by atoms with E-state index in [1.54, 1.807) is 0 Å². The highest BCUT2D eigenvalue weighted by Gasteiger charge is 2.32. The standard InChI is InChI=1S/C19H29N3O2/c1-15(18(20)17-5-3-2-4-6-17)19(23)22-8-7-16(14-22)13-21-9-11-24-12-10-21/h2-6,15-16,18H,7-14,20H2,1H3. The molecular formula is C19H29N3O2. The Morgan fingerprint density at radius 1 is 1.25 bits per heavy atom. The Bertz CT molecular complexity index is 531.